The second-order valence-corrected chi connectivity index (χ2v) is 4.60. The van der Waals surface area contributed by atoms with Crippen LogP contribution in [0.2, 0.25) is 0 Å². The zero-order chi connectivity index (χ0) is 12.7. The van der Waals surface area contributed by atoms with Crippen LogP contribution >= 0.6 is 0 Å². The van der Waals surface area contributed by atoms with E-state index in [1.807, 2.05) is 0 Å². The van der Waals surface area contributed by atoms with E-state index in [9.17, 15) is 0 Å². The summed E-state index contributed by atoms with van der Waals surface area (Å²) in [5, 5.41) is 0. The maximum Gasteiger partial charge on any atom is 0.119 e. The van der Waals surface area contributed by atoms with Crippen molar-refractivity contribution in [2.24, 2.45) is 0 Å². The number of rotatable bonds is 7. The summed E-state index contributed by atoms with van der Waals surface area (Å²) in [5.74, 6) is 1.56. The number of benzene rings is 1. The monoisotopic (exact) mass is 235 g/mol. The fourth-order valence-corrected chi connectivity index (χ4v) is 1.78. The molecule has 0 fully saturated rings. The molecule has 0 bridgehead atoms. The highest BCUT2D eigenvalue weighted by Crippen LogP contribution is 2.18. The second-order valence-electron chi connectivity index (χ2n) is 4.60. The van der Waals surface area contributed by atoms with Crippen molar-refractivity contribution in [3.8, 4) is 5.75 Å². The molecule has 17 heavy (non-hydrogen) atoms. The van der Waals surface area contributed by atoms with Crippen LogP contribution in [0.3, 0.4) is 0 Å². The molecule has 0 saturated heterocycles. The molecule has 0 saturated carbocycles. The lowest BCUT2D eigenvalue weighted by atomic mass is 10.0. The maximum absolute atomic E-state index is 5.73. The summed E-state index contributed by atoms with van der Waals surface area (Å²) >= 11 is 0. The Hall–Kier alpha value is -1.02. The van der Waals surface area contributed by atoms with Gasteiger partial charge in [-0.15, -0.1) is 0 Å². The van der Waals surface area contributed by atoms with Gasteiger partial charge in [0, 0.05) is 6.54 Å². The molecule has 0 N–H and O–H groups in total. The largest absolute Gasteiger partial charge is 0.492 e. The number of likely N-dealkylation sites (N-methyl/N-ethyl adjacent to an activating group) is 1. The molecule has 0 aliphatic heterocycles. The molecular weight excluding hydrogens is 210 g/mol. The number of hydrogen-bond acceptors (Lipinski definition) is 2. The van der Waals surface area contributed by atoms with E-state index in [0.29, 0.717) is 5.92 Å². The molecule has 0 spiro atoms. The standard InChI is InChI=1S/C15H25NO/c1-5-16(6-2)11-12-17-15-9-7-14(8-10-15)13(3)4/h7-10,13H,5-6,11-12H2,1-4H3. The molecule has 2 nitrogen and oxygen atoms in total. The highest BCUT2D eigenvalue weighted by molar-refractivity contribution is 5.28. The minimum absolute atomic E-state index is 0.583. The van der Waals surface area contributed by atoms with E-state index in [1.54, 1.807) is 0 Å². The van der Waals surface area contributed by atoms with Crippen molar-refractivity contribution >= 4 is 0 Å². The van der Waals surface area contributed by atoms with E-state index in [2.05, 4.69) is 56.9 Å². The third-order valence-corrected chi connectivity index (χ3v) is 3.12. The van der Waals surface area contributed by atoms with E-state index in [4.69, 9.17) is 4.74 Å². The Morgan fingerprint density at radius 3 is 2.12 bits per heavy atom. The molecule has 0 aromatic heterocycles. The van der Waals surface area contributed by atoms with Crippen LogP contribution in [0.5, 0.6) is 5.75 Å². The summed E-state index contributed by atoms with van der Waals surface area (Å²) in [6.45, 7) is 12.7. The first kappa shape index (κ1) is 14.0. The lowest BCUT2D eigenvalue weighted by Crippen LogP contribution is -2.27. The summed E-state index contributed by atoms with van der Waals surface area (Å²) in [7, 11) is 0. The Labute approximate surface area is 106 Å². The maximum atomic E-state index is 5.73. The van der Waals surface area contributed by atoms with Crippen LogP contribution < -0.4 is 4.74 Å². The van der Waals surface area contributed by atoms with Crippen molar-refractivity contribution in [1.29, 1.82) is 0 Å². The van der Waals surface area contributed by atoms with Gasteiger partial charge in [0.15, 0.2) is 0 Å². The van der Waals surface area contributed by atoms with Gasteiger partial charge in [0.1, 0.15) is 12.4 Å². The molecule has 1 aromatic carbocycles. The van der Waals surface area contributed by atoms with Crippen LogP contribution in [0.4, 0.5) is 0 Å². The van der Waals surface area contributed by atoms with Crippen LogP contribution in [-0.2, 0) is 0 Å². The Bertz CT molecular complexity index is 301. The third kappa shape index (κ3) is 4.78. The first-order chi connectivity index (χ1) is 8.17. The SMILES string of the molecule is CCN(CC)CCOc1ccc(C(C)C)cc1. The normalized spacial score (nSPS) is 11.2. The van der Waals surface area contributed by atoms with Gasteiger partial charge in [-0.3, -0.25) is 0 Å². The molecule has 0 radical (unpaired) electrons. The molecule has 96 valence electrons. The zero-order valence-corrected chi connectivity index (χ0v) is 11.6. The lowest BCUT2D eigenvalue weighted by molar-refractivity contribution is 0.223. The number of nitrogens with zero attached hydrogens (tertiary/aromatic N) is 1. The quantitative estimate of drug-likeness (QED) is 0.717. The highest BCUT2D eigenvalue weighted by atomic mass is 16.5. The Balaban J connectivity index is 2.37. The summed E-state index contributed by atoms with van der Waals surface area (Å²) in [6.07, 6.45) is 0. The van der Waals surface area contributed by atoms with Gasteiger partial charge in [0.2, 0.25) is 0 Å². The summed E-state index contributed by atoms with van der Waals surface area (Å²) in [4.78, 5) is 2.36. The van der Waals surface area contributed by atoms with Crippen molar-refractivity contribution in [2.45, 2.75) is 33.6 Å². The fourth-order valence-electron chi connectivity index (χ4n) is 1.78. The van der Waals surface area contributed by atoms with Gasteiger partial charge in [0.25, 0.3) is 0 Å². The topological polar surface area (TPSA) is 12.5 Å². The lowest BCUT2D eigenvalue weighted by Gasteiger charge is -2.18. The molecular formula is C15H25NO. The van der Waals surface area contributed by atoms with E-state index in [0.717, 1.165) is 32.0 Å². The van der Waals surface area contributed by atoms with Crippen molar-refractivity contribution in [3.05, 3.63) is 29.8 Å². The Morgan fingerprint density at radius 1 is 1.06 bits per heavy atom. The predicted molar refractivity (Wildman–Crippen MR) is 73.8 cm³/mol. The fraction of sp³-hybridized carbons (Fsp3) is 0.600. The summed E-state index contributed by atoms with van der Waals surface area (Å²) in [5.41, 5.74) is 1.36. The van der Waals surface area contributed by atoms with Crippen LogP contribution in [0.25, 0.3) is 0 Å². The predicted octanol–water partition coefficient (Wildman–Crippen LogP) is 3.53. The molecule has 0 heterocycles. The van der Waals surface area contributed by atoms with E-state index >= 15 is 0 Å². The molecule has 0 atom stereocenters. The number of ether oxygens (including phenoxy) is 1. The van der Waals surface area contributed by atoms with Gasteiger partial charge < -0.3 is 9.64 Å². The molecule has 1 aromatic rings. The smallest absolute Gasteiger partial charge is 0.119 e. The zero-order valence-electron chi connectivity index (χ0n) is 11.6. The van der Waals surface area contributed by atoms with Crippen LogP contribution in [0.1, 0.15) is 39.2 Å². The van der Waals surface area contributed by atoms with Crippen molar-refractivity contribution < 1.29 is 4.74 Å². The Kier molecular flexibility index (Phi) is 6.06. The minimum Gasteiger partial charge on any atom is -0.492 e. The molecule has 0 aliphatic rings. The Morgan fingerprint density at radius 2 is 1.65 bits per heavy atom. The van der Waals surface area contributed by atoms with Gasteiger partial charge in [0.05, 0.1) is 0 Å². The van der Waals surface area contributed by atoms with Crippen molar-refractivity contribution in [1.82, 2.24) is 4.90 Å². The average Bonchev–Trinajstić information content (AvgIpc) is 2.35. The first-order valence-electron chi connectivity index (χ1n) is 6.62. The summed E-state index contributed by atoms with van der Waals surface area (Å²) < 4.78 is 5.73. The number of hydrogen-bond donors (Lipinski definition) is 0. The molecule has 0 unspecified atom stereocenters. The van der Waals surface area contributed by atoms with Crippen LogP contribution in [-0.4, -0.2) is 31.1 Å². The van der Waals surface area contributed by atoms with Crippen LogP contribution in [0.15, 0.2) is 24.3 Å². The molecule has 0 amide bonds. The molecule has 1 rings (SSSR count). The van der Waals surface area contributed by atoms with Gasteiger partial charge >= 0.3 is 0 Å². The van der Waals surface area contributed by atoms with Crippen molar-refractivity contribution in [2.75, 3.05) is 26.2 Å². The first-order valence-corrected chi connectivity index (χ1v) is 6.62. The van der Waals surface area contributed by atoms with Crippen molar-refractivity contribution in [3.63, 3.8) is 0 Å². The van der Waals surface area contributed by atoms with Gasteiger partial charge in [-0.2, -0.15) is 0 Å². The summed E-state index contributed by atoms with van der Waals surface area (Å²) in [6, 6.07) is 8.43. The minimum atomic E-state index is 0.583. The van der Waals surface area contributed by atoms with Gasteiger partial charge in [-0.1, -0.05) is 39.8 Å². The van der Waals surface area contributed by atoms with E-state index in [1.165, 1.54) is 5.56 Å². The van der Waals surface area contributed by atoms with Crippen LogP contribution in [0, 0.1) is 0 Å². The average molecular weight is 235 g/mol. The van der Waals surface area contributed by atoms with E-state index < -0.39 is 0 Å². The van der Waals surface area contributed by atoms with Gasteiger partial charge in [-0.25, -0.2) is 0 Å². The van der Waals surface area contributed by atoms with Gasteiger partial charge in [-0.05, 0) is 36.7 Å². The molecule has 2 heteroatoms. The van der Waals surface area contributed by atoms with E-state index in [-0.39, 0.29) is 0 Å². The molecule has 0 aliphatic carbocycles. The third-order valence-electron chi connectivity index (χ3n) is 3.12. The highest BCUT2D eigenvalue weighted by Gasteiger charge is 2.01. The second kappa shape index (κ2) is 7.33.